The average molecular weight is 182 g/mol. The van der Waals surface area contributed by atoms with Gasteiger partial charge in [-0.05, 0) is 31.1 Å². The molecule has 1 atom stereocenters. The standard InChI is InChI=1S/C12H22O/c1-2-12(7-4-3-5-8-12)9-6-11-10-13-11/h11H,2-10H2,1H3. The van der Waals surface area contributed by atoms with Crippen LogP contribution in [0.3, 0.4) is 0 Å². The highest BCUT2D eigenvalue weighted by Gasteiger charge is 2.32. The third-order valence-electron chi connectivity index (χ3n) is 4.06. The minimum Gasteiger partial charge on any atom is -0.373 e. The first-order valence-electron chi connectivity index (χ1n) is 5.96. The first-order valence-corrected chi connectivity index (χ1v) is 5.96. The van der Waals surface area contributed by atoms with E-state index in [2.05, 4.69) is 6.92 Å². The van der Waals surface area contributed by atoms with Crippen molar-refractivity contribution in [3.8, 4) is 0 Å². The van der Waals surface area contributed by atoms with E-state index in [0.29, 0.717) is 11.5 Å². The van der Waals surface area contributed by atoms with E-state index < -0.39 is 0 Å². The van der Waals surface area contributed by atoms with E-state index in [1.807, 2.05) is 0 Å². The van der Waals surface area contributed by atoms with Crippen LogP contribution < -0.4 is 0 Å². The molecule has 1 nitrogen and oxygen atoms in total. The molecule has 2 fully saturated rings. The SMILES string of the molecule is CCC1(CCC2CO2)CCCCC1. The van der Waals surface area contributed by atoms with Gasteiger partial charge in [0.05, 0.1) is 12.7 Å². The van der Waals surface area contributed by atoms with E-state index in [1.54, 1.807) is 0 Å². The van der Waals surface area contributed by atoms with E-state index in [0.717, 1.165) is 6.61 Å². The zero-order valence-corrected chi connectivity index (χ0v) is 8.85. The van der Waals surface area contributed by atoms with Crippen molar-refractivity contribution in [2.75, 3.05) is 6.61 Å². The second-order valence-corrected chi connectivity index (χ2v) is 4.91. The molecular formula is C12H22O. The van der Waals surface area contributed by atoms with E-state index in [4.69, 9.17) is 4.74 Å². The second kappa shape index (κ2) is 4.00. The van der Waals surface area contributed by atoms with E-state index >= 15 is 0 Å². The van der Waals surface area contributed by atoms with Crippen molar-refractivity contribution in [1.29, 1.82) is 0 Å². The second-order valence-electron chi connectivity index (χ2n) is 4.91. The van der Waals surface area contributed by atoms with E-state index in [9.17, 15) is 0 Å². The van der Waals surface area contributed by atoms with Crippen molar-refractivity contribution < 1.29 is 4.74 Å². The highest BCUT2D eigenvalue weighted by Crippen LogP contribution is 2.43. The fraction of sp³-hybridized carbons (Fsp3) is 1.00. The minimum atomic E-state index is 0.644. The molecule has 0 N–H and O–H groups in total. The molecule has 1 aliphatic carbocycles. The van der Waals surface area contributed by atoms with Gasteiger partial charge in [0, 0.05) is 0 Å². The van der Waals surface area contributed by atoms with Gasteiger partial charge in [-0.3, -0.25) is 0 Å². The van der Waals surface area contributed by atoms with Crippen molar-refractivity contribution in [2.24, 2.45) is 5.41 Å². The first kappa shape index (κ1) is 9.51. The number of rotatable bonds is 4. The van der Waals surface area contributed by atoms with Crippen LogP contribution in [0.25, 0.3) is 0 Å². The van der Waals surface area contributed by atoms with Crippen LogP contribution in [0.2, 0.25) is 0 Å². The first-order chi connectivity index (χ1) is 6.35. The minimum absolute atomic E-state index is 0.644. The van der Waals surface area contributed by atoms with Gasteiger partial charge in [0.1, 0.15) is 0 Å². The van der Waals surface area contributed by atoms with Gasteiger partial charge >= 0.3 is 0 Å². The molecule has 0 spiro atoms. The summed E-state index contributed by atoms with van der Waals surface area (Å²) in [5.74, 6) is 0. The van der Waals surface area contributed by atoms with Crippen LogP contribution in [-0.2, 0) is 4.74 Å². The lowest BCUT2D eigenvalue weighted by molar-refractivity contribution is 0.155. The van der Waals surface area contributed by atoms with Gasteiger partial charge in [0.2, 0.25) is 0 Å². The Morgan fingerprint density at radius 1 is 1.23 bits per heavy atom. The predicted molar refractivity (Wildman–Crippen MR) is 54.8 cm³/mol. The molecular weight excluding hydrogens is 160 g/mol. The quantitative estimate of drug-likeness (QED) is 0.606. The molecule has 1 heterocycles. The van der Waals surface area contributed by atoms with Gasteiger partial charge in [-0.25, -0.2) is 0 Å². The summed E-state index contributed by atoms with van der Waals surface area (Å²) in [6.07, 6.45) is 12.2. The molecule has 0 bridgehead atoms. The van der Waals surface area contributed by atoms with Crippen LogP contribution in [0.4, 0.5) is 0 Å². The van der Waals surface area contributed by atoms with Gasteiger partial charge in [0.25, 0.3) is 0 Å². The summed E-state index contributed by atoms with van der Waals surface area (Å²) in [5, 5.41) is 0. The molecule has 76 valence electrons. The fourth-order valence-electron chi connectivity index (χ4n) is 2.78. The topological polar surface area (TPSA) is 12.5 Å². The van der Waals surface area contributed by atoms with Gasteiger partial charge < -0.3 is 4.74 Å². The van der Waals surface area contributed by atoms with Gasteiger partial charge in [-0.1, -0.05) is 32.6 Å². The van der Waals surface area contributed by atoms with Crippen molar-refractivity contribution in [1.82, 2.24) is 0 Å². The monoisotopic (exact) mass is 182 g/mol. The summed E-state index contributed by atoms with van der Waals surface area (Å²) in [4.78, 5) is 0. The maximum absolute atomic E-state index is 5.29. The van der Waals surface area contributed by atoms with Crippen LogP contribution in [-0.4, -0.2) is 12.7 Å². The van der Waals surface area contributed by atoms with Crippen molar-refractivity contribution in [3.63, 3.8) is 0 Å². The smallest absolute Gasteiger partial charge is 0.0810 e. The Morgan fingerprint density at radius 3 is 2.46 bits per heavy atom. The normalized spacial score (nSPS) is 31.6. The summed E-state index contributed by atoms with van der Waals surface area (Å²) < 4.78 is 5.29. The zero-order valence-electron chi connectivity index (χ0n) is 8.85. The predicted octanol–water partition coefficient (Wildman–Crippen LogP) is 3.53. The van der Waals surface area contributed by atoms with Gasteiger partial charge in [0.15, 0.2) is 0 Å². The largest absolute Gasteiger partial charge is 0.373 e. The average Bonchev–Trinajstić information content (AvgIpc) is 3.00. The fourth-order valence-corrected chi connectivity index (χ4v) is 2.78. The van der Waals surface area contributed by atoms with Crippen molar-refractivity contribution >= 4 is 0 Å². The summed E-state index contributed by atoms with van der Waals surface area (Å²) in [6, 6.07) is 0. The lowest BCUT2D eigenvalue weighted by Crippen LogP contribution is -2.23. The molecule has 2 rings (SSSR count). The third-order valence-corrected chi connectivity index (χ3v) is 4.06. The van der Waals surface area contributed by atoms with E-state index in [-0.39, 0.29) is 0 Å². The maximum atomic E-state index is 5.29. The van der Waals surface area contributed by atoms with Gasteiger partial charge in [-0.2, -0.15) is 0 Å². The molecule has 1 saturated heterocycles. The highest BCUT2D eigenvalue weighted by molar-refractivity contribution is 4.84. The summed E-state index contributed by atoms with van der Waals surface area (Å²) >= 11 is 0. The molecule has 1 heteroatoms. The molecule has 2 aliphatic rings. The lowest BCUT2D eigenvalue weighted by atomic mass is 9.69. The third kappa shape index (κ3) is 2.46. The van der Waals surface area contributed by atoms with Crippen LogP contribution in [0.5, 0.6) is 0 Å². The Bertz CT molecular complexity index is 155. The molecule has 1 unspecified atom stereocenters. The Labute approximate surface area is 81.9 Å². The Hall–Kier alpha value is -0.0400. The maximum Gasteiger partial charge on any atom is 0.0810 e. The lowest BCUT2D eigenvalue weighted by Gasteiger charge is -2.36. The summed E-state index contributed by atoms with van der Waals surface area (Å²) in [7, 11) is 0. The molecule has 0 amide bonds. The highest BCUT2D eigenvalue weighted by atomic mass is 16.6. The zero-order chi connectivity index (χ0) is 9.15. The molecule has 0 aromatic rings. The molecule has 1 aliphatic heterocycles. The molecule has 13 heavy (non-hydrogen) atoms. The molecule has 0 aromatic carbocycles. The van der Waals surface area contributed by atoms with Crippen LogP contribution in [0.1, 0.15) is 58.3 Å². The van der Waals surface area contributed by atoms with Crippen molar-refractivity contribution in [2.45, 2.75) is 64.4 Å². The number of hydrogen-bond acceptors (Lipinski definition) is 1. The van der Waals surface area contributed by atoms with Crippen LogP contribution in [0, 0.1) is 5.41 Å². The van der Waals surface area contributed by atoms with Crippen LogP contribution >= 0.6 is 0 Å². The van der Waals surface area contributed by atoms with E-state index in [1.165, 1.54) is 51.4 Å². The summed E-state index contributed by atoms with van der Waals surface area (Å²) in [5.41, 5.74) is 0.712. The summed E-state index contributed by atoms with van der Waals surface area (Å²) in [6.45, 7) is 3.42. The Kier molecular flexibility index (Phi) is 2.92. The van der Waals surface area contributed by atoms with Crippen molar-refractivity contribution in [3.05, 3.63) is 0 Å². The number of ether oxygens (including phenoxy) is 1. The Balaban J connectivity index is 1.80. The Morgan fingerprint density at radius 2 is 1.92 bits per heavy atom. The van der Waals surface area contributed by atoms with Gasteiger partial charge in [-0.15, -0.1) is 0 Å². The van der Waals surface area contributed by atoms with Crippen LogP contribution in [0.15, 0.2) is 0 Å². The number of hydrogen-bond donors (Lipinski definition) is 0. The molecule has 1 saturated carbocycles. The number of epoxide rings is 1. The molecule has 0 radical (unpaired) electrons. The molecule has 0 aromatic heterocycles.